The van der Waals surface area contributed by atoms with Crippen molar-refractivity contribution in [3.63, 3.8) is 0 Å². The molecule has 2 fully saturated rings. The fourth-order valence-electron chi connectivity index (χ4n) is 5.22. The van der Waals surface area contributed by atoms with Crippen molar-refractivity contribution in [1.82, 2.24) is 10.2 Å². The van der Waals surface area contributed by atoms with Crippen LogP contribution >= 0.6 is 0 Å². The minimum absolute atomic E-state index is 0.0872. The van der Waals surface area contributed by atoms with Crippen LogP contribution in [0.3, 0.4) is 0 Å². The molecule has 0 spiro atoms. The minimum atomic E-state index is -2.47. The van der Waals surface area contributed by atoms with Gasteiger partial charge in [0.1, 0.15) is 11.6 Å². The molecule has 5 atom stereocenters. The van der Waals surface area contributed by atoms with Crippen LogP contribution in [-0.2, 0) is 33.5 Å². The van der Waals surface area contributed by atoms with E-state index in [9.17, 15) is 28.8 Å². The maximum atomic E-state index is 14.4. The van der Waals surface area contributed by atoms with E-state index in [0.717, 1.165) is 4.90 Å². The number of amides is 2. The second kappa shape index (κ2) is 10.2. The van der Waals surface area contributed by atoms with Crippen molar-refractivity contribution in [3.05, 3.63) is 0 Å². The summed E-state index contributed by atoms with van der Waals surface area (Å²) in [5, 5.41) is 2.45. The smallest absolute Gasteiger partial charge is 0.246 e. The summed E-state index contributed by atoms with van der Waals surface area (Å²) in [6.07, 6.45) is -0.915. The summed E-state index contributed by atoms with van der Waals surface area (Å²) in [6, 6.07) is -2.11. The van der Waals surface area contributed by atoms with Crippen molar-refractivity contribution >= 4 is 34.9 Å². The number of hydrogen-bond donors (Lipinski definition) is 4. The maximum Gasteiger partial charge on any atom is 0.246 e. The number of carbonyl (C=O) groups is 6. The van der Waals surface area contributed by atoms with E-state index < -0.39 is 69.6 Å². The Morgan fingerprint density at radius 3 is 2.17 bits per heavy atom. The third-order valence-corrected chi connectivity index (χ3v) is 7.31. The summed E-state index contributed by atoms with van der Waals surface area (Å²) in [5.41, 5.74) is 10.9. The Bertz CT molecular complexity index is 935. The van der Waals surface area contributed by atoms with E-state index in [1.54, 1.807) is 13.8 Å². The molecule has 2 unspecified atom stereocenters. The molecule has 2 amide bonds. The zero-order valence-electron chi connectivity index (χ0n) is 21.0. The highest BCUT2D eigenvalue weighted by Crippen LogP contribution is 2.50. The Hall–Kier alpha value is -2.54. The lowest BCUT2D eigenvalue weighted by Crippen LogP contribution is -2.81. The number of nitrogens with two attached hydrogens (primary N) is 3. The number of hydrogen-bond acceptors (Lipinski definition) is 10. The first-order valence-electron chi connectivity index (χ1n) is 11.8. The van der Waals surface area contributed by atoms with Crippen molar-refractivity contribution < 1.29 is 33.5 Å². The largest absolute Gasteiger partial charge is 0.367 e. The van der Waals surface area contributed by atoms with Gasteiger partial charge in [0.2, 0.25) is 11.8 Å². The zero-order valence-corrected chi connectivity index (χ0v) is 21.0. The highest BCUT2D eigenvalue weighted by Gasteiger charge is 2.77. The number of carbonyl (C=O) groups excluding carboxylic acids is 6. The number of rotatable bonds is 10. The van der Waals surface area contributed by atoms with Crippen LogP contribution in [0, 0.1) is 5.92 Å². The Morgan fingerprint density at radius 1 is 1.11 bits per heavy atom. The first kappa shape index (κ1) is 28.7. The lowest BCUT2D eigenvalue weighted by atomic mass is 9.59. The van der Waals surface area contributed by atoms with E-state index in [0.29, 0.717) is 0 Å². The lowest BCUT2D eigenvalue weighted by Gasteiger charge is -2.51. The molecule has 1 aliphatic heterocycles. The van der Waals surface area contributed by atoms with E-state index in [2.05, 4.69) is 5.32 Å². The van der Waals surface area contributed by atoms with Crippen molar-refractivity contribution in [2.45, 2.75) is 82.1 Å². The summed E-state index contributed by atoms with van der Waals surface area (Å²) in [7, 11) is 1.18. The number of nitrogens with one attached hydrogen (secondary N) is 1. The first-order chi connectivity index (χ1) is 16.2. The molecule has 0 radical (unpaired) electrons. The van der Waals surface area contributed by atoms with Gasteiger partial charge >= 0.3 is 0 Å². The number of fused-ring (bicyclic) bond motifs is 1. The molecule has 0 aromatic rings. The number of likely N-dealkylation sites (tertiary alicyclic amines) is 1. The average molecular weight is 496 g/mol. The average Bonchev–Trinajstić information content (AvgIpc) is 3.17. The third kappa shape index (κ3) is 4.11. The van der Waals surface area contributed by atoms with E-state index in [1.165, 1.54) is 21.0 Å². The first-order valence-corrected chi connectivity index (χ1v) is 11.8. The molecular weight excluding hydrogens is 458 g/mol. The fourth-order valence-corrected chi connectivity index (χ4v) is 5.22. The van der Waals surface area contributed by atoms with Crippen molar-refractivity contribution in [2.75, 3.05) is 20.2 Å². The molecule has 1 aliphatic carbocycles. The molecule has 1 heterocycles. The summed E-state index contributed by atoms with van der Waals surface area (Å²) < 4.78 is 5.62. The second-order valence-electron chi connectivity index (χ2n) is 9.66. The SMILES string of the molecule is COC12CCN(C(=O)[C@H](C)NC(=O)[C@H](C)N)[C@@]1(C(=O)C(N)(C(=O)CCN)C(C)C)C(=O)CCC2=O. The summed E-state index contributed by atoms with van der Waals surface area (Å²) >= 11 is 0. The van der Waals surface area contributed by atoms with Gasteiger partial charge in [-0.25, -0.2) is 0 Å². The van der Waals surface area contributed by atoms with Gasteiger partial charge in [-0.3, -0.25) is 28.8 Å². The summed E-state index contributed by atoms with van der Waals surface area (Å²) in [4.78, 5) is 81.3. The van der Waals surface area contributed by atoms with Gasteiger partial charge in [0.05, 0.1) is 6.04 Å². The molecule has 0 aromatic heterocycles. The summed E-state index contributed by atoms with van der Waals surface area (Å²) in [5.74, 6) is -5.27. The van der Waals surface area contributed by atoms with Gasteiger partial charge in [-0.1, -0.05) is 13.8 Å². The number of ether oxygens (including phenoxy) is 1. The number of Topliss-reactive ketones (excluding diaryl/α,β-unsaturated/α-hetero) is 4. The molecule has 35 heavy (non-hydrogen) atoms. The Morgan fingerprint density at radius 2 is 1.69 bits per heavy atom. The van der Waals surface area contributed by atoms with E-state index in [1.807, 2.05) is 0 Å². The monoisotopic (exact) mass is 495 g/mol. The van der Waals surface area contributed by atoms with Crippen LogP contribution in [0.2, 0.25) is 0 Å². The van der Waals surface area contributed by atoms with Crippen LogP contribution in [0.4, 0.5) is 0 Å². The molecular formula is C23H37N5O7. The minimum Gasteiger partial charge on any atom is -0.367 e. The van der Waals surface area contributed by atoms with Gasteiger partial charge in [0.15, 0.2) is 34.3 Å². The van der Waals surface area contributed by atoms with Gasteiger partial charge < -0.3 is 32.2 Å². The van der Waals surface area contributed by atoms with Crippen LogP contribution in [-0.4, -0.2) is 88.8 Å². The van der Waals surface area contributed by atoms with Crippen molar-refractivity contribution in [1.29, 1.82) is 0 Å². The molecule has 7 N–H and O–H groups in total. The number of nitrogens with zero attached hydrogens (tertiary/aromatic N) is 1. The van der Waals surface area contributed by atoms with Crippen LogP contribution in [0.1, 0.15) is 53.4 Å². The normalized spacial score (nSPS) is 27.7. The standard InChI is InChI=1S/C23H37N5O7/c1-12(2)22(26,16(30)8-10-24)20(34)23-17(31)7-6-15(29)21(23,35-5)9-11-28(23)19(33)14(4)27-18(32)13(3)25/h12-14H,6-11,24-26H2,1-5H3,(H,27,32)/t13-,14-,21?,22?,23+/m0/s1. The van der Waals surface area contributed by atoms with Crippen LogP contribution in [0.5, 0.6) is 0 Å². The van der Waals surface area contributed by atoms with Crippen LogP contribution in [0.25, 0.3) is 0 Å². The topological polar surface area (TPSA) is 205 Å². The van der Waals surface area contributed by atoms with Crippen LogP contribution < -0.4 is 22.5 Å². The zero-order chi connectivity index (χ0) is 26.9. The molecule has 1 saturated heterocycles. The number of methoxy groups -OCH3 is 1. The quantitative estimate of drug-likeness (QED) is 0.244. The molecule has 0 bridgehead atoms. The van der Waals surface area contributed by atoms with Crippen molar-refractivity contribution in [2.24, 2.45) is 23.1 Å². The van der Waals surface area contributed by atoms with Gasteiger partial charge in [-0.15, -0.1) is 0 Å². The van der Waals surface area contributed by atoms with Crippen LogP contribution in [0.15, 0.2) is 0 Å². The Balaban J connectivity index is 2.78. The molecule has 12 nitrogen and oxygen atoms in total. The highest BCUT2D eigenvalue weighted by atomic mass is 16.5. The highest BCUT2D eigenvalue weighted by molar-refractivity contribution is 6.30. The van der Waals surface area contributed by atoms with Gasteiger partial charge in [0, 0.05) is 39.3 Å². The molecule has 0 aromatic carbocycles. The van der Waals surface area contributed by atoms with E-state index in [4.69, 9.17) is 21.9 Å². The van der Waals surface area contributed by atoms with E-state index in [-0.39, 0.29) is 38.8 Å². The summed E-state index contributed by atoms with van der Waals surface area (Å²) in [6.45, 7) is 5.60. The maximum absolute atomic E-state index is 14.4. The molecule has 196 valence electrons. The molecule has 1 saturated carbocycles. The predicted octanol–water partition coefficient (Wildman–Crippen LogP) is -2.03. The lowest BCUT2D eigenvalue weighted by molar-refractivity contribution is -0.181. The van der Waals surface area contributed by atoms with Gasteiger partial charge in [0.25, 0.3) is 0 Å². The Kier molecular flexibility index (Phi) is 8.37. The van der Waals surface area contributed by atoms with E-state index >= 15 is 0 Å². The molecule has 12 heteroatoms. The predicted molar refractivity (Wildman–Crippen MR) is 125 cm³/mol. The molecule has 2 aliphatic rings. The van der Waals surface area contributed by atoms with Gasteiger partial charge in [-0.2, -0.15) is 0 Å². The molecule has 2 rings (SSSR count). The van der Waals surface area contributed by atoms with Crippen molar-refractivity contribution in [3.8, 4) is 0 Å². The third-order valence-electron chi connectivity index (χ3n) is 7.31. The fraction of sp³-hybridized carbons (Fsp3) is 0.739. The Labute approximate surface area is 204 Å². The number of ketones is 4. The van der Waals surface area contributed by atoms with Gasteiger partial charge in [-0.05, 0) is 26.3 Å². The second-order valence-corrected chi connectivity index (χ2v) is 9.66.